The Labute approximate surface area is 150 Å². The van der Waals surface area contributed by atoms with Crippen LogP contribution in [-0.4, -0.2) is 19.1 Å². The van der Waals surface area contributed by atoms with Gasteiger partial charge in [0.2, 0.25) is 0 Å². The number of carbonyl (C=O) groups is 1. The molecule has 0 saturated heterocycles. The third kappa shape index (κ3) is 3.88. The van der Waals surface area contributed by atoms with E-state index in [1.54, 1.807) is 42.5 Å². The number of furan rings is 1. The van der Waals surface area contributed by atoms with E-state index in [9.17, 15) is 4.79 Å². The van der Waals surface area contributed by atoms with Gasteiger partial charge in [-0.1, -0.05) is 11.6 Å². The number of fused-ring (bicyclic) bond motifs is 1. The Morgan fingerprint density at radius 2 is 1.80 bits per heavy atom. The summed E-state index contributed by atoms with van der Waals surface area (Å²) in [6, 6.07) is 12.1. The van der Waals surface area contributed by atoms with Crippen molar-refractivity contribution in [1.82, 2.24) is 0 Å². The van der Waals surface area contributed by atoms with Crippen LogP contribution >= 0.6 is 11.6 Å². The van der Waals surface area contributed by atoms with Gasteiger partial charge in [0.15, 0.2) is 17.3 Å². The summed E-state index contributed by atoms with van der Waals surface area (Å²) >= 11 is 5.96. The molecule has 0 radical (unpaired) electrons. The van der Waals surface area contributed by atoms with Gasteiger partial charge in [0.05, 0.1) is 13.2 Å². The zero-order valence-corrected chi connectivity index (χ0v) is 14.7. The van der Waals surface area contributed by atoms with Crippen molar-refractivity contribution in [3.05, 3.63) is 53.2 Å². The van der Waals surface area contributed by atoms with Crippen LogP contribution in [0, 0.1) is 0 Å². The fraction of sp³-hybridized carbons (Fsp3) is 0.211. The summed E-state index contributed by atoms with van der Waals surface area (Å²) in [6.45, 7) is 4.83. The van der Waals surface area contributed by atoms with E-state index in [1.165, 1.54) is 0 Å². The number of hydrogen-bond donors (Lipinski definition) is 1. The number of hydrogen-bond acceptors (Lipinski definition) is 4. The van der Waals surface area contributed by atoms with Gasteiger partial charge in [-0.3, -0.25) is 4.79 Å². The summed E-state index contributed by atoms with van der Waals surface area (Å²) in [6.07, 6.45) is 0. The summed E-state index contributed by atoms with van der Waals surface area (Å²) in [5.41, 5.74) is 1.20. The van der Waals surface area contributed by atoms with Crippen molar-refractivity contribution in [2.75, 3.05) is 18.5 Å². The van der Waals surface area contributed by atoms with Crippen molar-refractivity contribution >= 4 is 34.2 Å². The van der Waals surface area contributed by atoms with E-state index >= 15 is 0 Å². The molecule has 0 unspecified atom stereocenters. The molecule has 6 heteroatoms. The molecule has 0 aliphatic rings. The summed E-state index contributed by atoms with van der Waals surface area (Å²) < 4.78 is 16.7. The number of benzene rings is 2. The predicted octanol–water partition coefficient (Wildman–Crippen LogP) is 5.14. The molecule has 2 aromatic carbocycles. The Morgan fingerprint density at radius 3 is 2.56 bits per heavy atom. The van der Waals surface area contributed by atoms with Crippen LogP contribution in [-0.2, 0) is 0 Å². The fourth-order valence-corrected chi connectivity index (χ4v) is 2.63. The topological polar surface area (TPSA) is 60.7 Å². The molecule has 1 heterocycles. The zero-order valence-electron chi connectivity index (χ0n) is 14.0. The van der Waals surface area contributed by atoms with E-state index in [2.05, 4.69) is 5.32 Å². The quantitative estimate of drug-likeness (QED) is 0.662. The molecule has 25 heavy (non-hydrogen) atoms. The Hall–Kier alpha value is -2.66. The lowest BCUT2D eigenvalue weighted by Gasteiger charge is -2.12. The number of carbonyl (C=O) groups excluding carboxylic acids is 1. The van der Waals surface area contributed by atoms with Gasteiger partial charge < -0.3 is 19.2 Å². The smallest absolute Gasteiger partial charge is 0.291 e. The van der Waals surface area contributed by atoms with Crippen LogP contribution in [0.15, 0.2) is 46.9 Å². The van der Waals surface area contributed by atoms with Crippen molar-refractivity contribution in [3.63, 3.8) is 0 Å². The Balaban J connectivity index is 1.82. The second kappa shape index (κ2) is 7.49. The summed E-state index contributed by atoms with van der Waals surface area (Å²) in [4.78, 5) is 12.4. The van der Waals surface area contributed by atoms with Crippen molar-refractivity contribution < 1.29 is 18.7 Å². The van der Waals surface area contributed by atoms with Crippen molar-refractivity contribution in [2.45, 2.75) is 13.8 Å². The molecule has 130 valence electrons. The molecule has 1 N–H and O–H groups in total. The van der Waals surface area contributed by atoms with Crippen LogP contribution in [0.4, 0.5) is 5.69 Å². The molecule has 1 amide bonds. The summed E-state index contributed by atoms with van der Waals surface area (Å²) in [5.74, 6) is 1.09. The maximum atomic E-state index is 12.4. The largest absolute Gasteiger partial charge is 0.490 e. The van der Waals surface area contributed by atoms with E-state index in [0.29, 0.717) is 41.0 Å². The molecule has 0 atom stereocenters. The summed E-state index contributed by atoms with van der Waals surface area (Å²) in [5, 5.41) is 4.17. The first-order valence-electron chi connectivity index (χ1n) is 8.00. The Kier molecular flexibility index (Phi) is 5.14. The first-order chi connectivity index (χ1) is 12.1. The highest BCUT2D eigenvalue weighted by molar-refractivity contribution is 6.31. The lowest BCUT2D eigenvalue weighted by molar-refractivity contribution is 0.0998. The molecule has 0 aliphatic carbocycles. The number of nitrogens with one attached hydrogen (secondary N) is 1. The van der Waals surface area contributed by atoms with Crippen molar-refractivity contribution in [3.8, 4) is 11.5 Å². The minimum atomic E-state index is -0.348. The molecule has 5 nitrogen and oxygen atoms in total. The number of ether oxygens (including phenoxy) is 2. The van der Waals surface area contributed by atoms with Crippen LogP contribution in [0.25, 0.3) is 11.0 Å². The van der Waals surface area contributed by atoms with Gasteiger partial charge in [-0.15, -0.1) is 0 Å². The molecule has 0 bridgehead atoms. The van der Waals surface area contributed by atoms with Crippen LogP contribution in [0.5, 0.6) is 11.5 Å². The maximum absolute atomic E-state index is 12.4. The van der Waals surface area contributed by atoms with Gasteiger partial charge in [0.25, 0.3) is 5.91 Å². The van der Waals surface area contributed by atoms with E-state index in [0.717, 1.165) is 5.39 Å². The predicted molar refractivity (Wildman–Crippen MR) is 98.0 cm³/mol. The molecular weight excluding hydrogens is 342 g/mol. The highest BCUT2D eigenvalue weighted by Gasteiger charge is 2.14. The molecule has 0 fully saturated rings. The van der Waals surface area contributed by atoms with Gasteiger partial charge in [-0.25, -0.2) is 0 Å². The normalized spacial score (nSPS) is 10.7. The second-order valence-corrected chi connectivity index (χ2v) is 5.71. The average Bonchev–Trinajstić information content (AvgIpc) is 3.01. The van der Waals surface area contributed by atoms with E-state index in [1.807, 2.05) is 13.8 Å². The zero-order chi connectivity index (χ0) is 17.8. The van der Waals surface area contributed by atoms with Gasteiger partial charge in [0.1, 0.15) is 5.58 Å². The third-order valence-electron chi connectivity index (χ3n) is 3.50. The minimum absolute atomic E-state index is 0.212. The highest BCUT2D eigenvalue weighted by Crippen LogP contribution is 2.31. The lowest BCUT2D eigenvalue weighted by Crippen LogP contribution is -2.11. The monoisotopic (exact) mass is 359 g/mol. The first-order valence-corrected chi connectivity index (χ1v) is 8.38. The Morgan fingerprint density at radius 1 is 1.04 bits per heavy atom. The number of halogens is 1. The average molecular weight is 360 g/mol. The van der Waals surface area contributed by atoms with Gasteiger partial charge in [-0.2, -0.15) is 0 Å². The third-order valence-corrected chi connectivity index (χ3v) is 3.74. The van der Waals surface area contributed by atoms with Gasteiger partial charge in [-0.05, 0) is 50.2 Å². The number of amides is 1. The molecule has 1 aromatic heterocycles. The molecule has 0 spiro atoms. The maximum Gasteiger partial charge on any atom is 0.291 e. The molecular formula is C19H18ClNO4. The van der Waals surface area contributed by atoms with Crippen molar-refractivity contribution in [2.24, 2.45) is 0 Å². The first kappa shape index (κ1) is 17.2. The SMILES string of the molecule is CCOc1ccc(NC(=O)c2cc3cc(Cl)ccc3o2)cc1OCC. The standard InChI is InChI=1S/C19H18ClNO4/c1-3-23-16-8-6-14(11-17(16)24-4-2)21-19(22)18-10-12-9-13(20)5-7-15(12)25-18/h5-11H,3-4H2,1-2H3,(H,21,22). The lowest BCUT2D eigenvalue weighted by atomic mass is 10.2. The molecule has 0 saturated carbocycles. The van der Waals surface area contributed by atoms with E-state index in [4.69, 9.17) is 25.5 Å². The van der Waals surface area contributed by atoms with E-state index < -0.39 is 0 Å². The minimum Gasteiger partial charge on any atom is -0.490 e. The fourth-order valence-electron chi connectivity index (χ4n) is 2.45. The van der Waals surface area contributed by atoms with E-state index in [-0.39, 0.29) is 11.7 Å². The van der Waals surface area contributed by atoms with Crippen LogP contribution in [0.2, 0.25) is 5.02 Å². The second-order valence-electron chi connectivity index (χ2n) is 5.27. The number of anilines is 1. The van der Waals surface area contributed by atoms with Crippen LogP contribution in [0.3, 0.4) is 0 Å². The number of rotatable bonds is 6. The van der Waals surface area contributed by atoms with Crippen LogP contribution in [0.1, 0.15) is 24.4 Å². The molecule has 0 aliphatic heterocycles. The van der Waals surface area contributed by atoms with Crippen LogP contribution < -0.4 is 14.8 Å². The Bertz CT molecular complexity index is 904. The van der Waals surface area contributed by atoms with Gasteiger partial charge in [0, 0.05) is 22.2 Å². The van der Waals surface area contributed by atoms with Gasteiger partial charge >= 0.3 is 0 Å². The summed E-state index contributed by atoms with van der Waals surface area (Å²) in [7, 11) is 0. The molecule has 3 rings (SSSR count). The van der Waals surface area contributed by atoms with Crippen molar-refractivity contribution in [1.29, 1.82) is 0 Å². The molecule has 3 aromatic rings. The highest BCUT2D eigenvalue weighted by atomic mass is 35.5.